The lowest BCUT2D eigenvalue weighted by atomic mass is 10.0. The molecule has 2 aromatic rings. The van der Waals surface area contributed by atoms with Gasteiger partial charge in [0, 0.05) is 5.56 Å². The molecule has 1 aliphatic heterocycles. The summed E-state index contributed by atoms with van der Waals surface area (Å²) in [6, 6.07) is 15.3. The zero-order valence-corrected chi connectivity index (χ0v) is 21.9. The van der Waals surface area contributed by atoms with E-state index in [1.54, 1.807) is 24.3 Å². The summed E-state index contributed by atoms with van der Waals surface area (Å²) in [4.78, 5) is 50.1. The Morgan fingerprint density at radius 2 is 1.42 bits per heavy atom. The van der Waals surface area contributed by atoms with Gasteiger partial charge in [0.25, 0.3) is 5.91 Å². The molecule has 190 valence electrons. The SMILES string of the molecule is COC(=O)C1=C(C(=O)OC)SC(c2ccc(C(=O)N[C@H](C(=O)OCc3ccccc3)C(C)C)cc2)S1. The maximum absolute atomic E-state index is 12.9. The second kappa shape index (κ2) is 12.6. The van der Waals surface area contributed by atoms with Crippen molar-refractivity contribution in [1.82, 2.24) is 5.32 Å². The molecule has 1 amide bonds. The summed E-state index contributed by atoms with van der Waals surface area (Å²) in [6.07, 6.45) is 0. The van der Waals surface area contributed by atoms with E-state index in [-0.39, 0.29) is 26.9 Å². The number of thioether (sulfide) groups is 2. The van der Waals surface area contributed by atoms with Gasteiger partial charge < -0.3 is 19.5 Å². The molecule has 8 nitrogen and oxygen atoms in total. The third-order valence-corrected chi connectivity index (χ3v) is 8.17. The zero-order valence-electron chi connectivity index (χ0n) is 20.3. The highest BCUT2D eigenvalue weighted by Gasteiger charge is 2.36. The first-order valence-corrected chi connectivity index (χ1v) is 12.9. The molecule has 3 rings (SSSR count). The Bertz CT molecular complexity index is 1120. The van der Waals surface area contributed by atoms with Crippen LogP contribution in [0.4, 0.5) is 0 Å². The second-order valence-corrected chi connectivity index (χ2v) is 10.6. The molecule has 10 heteroatoms. The molecule has 1 aliphatic rings. The Morgan fingerprint density at radius 1 is 0.861 bits per heavy atom. The largest absolute Gasteiger partial charge is 0.465 e. The minimum absolute atomic E-state index is 0.124. The smallest absolute Gasteiger partial charge is 0.345 e. The van der Waals surface area contributed by atoms with E-state index in [0.29, 0.717) is 5.56 Å². The molecule has 0 aromatic heterocycles. The fraction of sp³-hybridized carbons (Fsp3) is 0.308. The van der Waals surface area contributed by atoms with Gasteiger partial charge in [0.1, 0.15) is 22.5 Å². The second-order valence-electron chi connectivity index (χ2n) is 8.12. The molecule has 36 heavy (non-hydrogen) atoms. The van der Waals surface area contributed by atoms with Gasteiger partial charge in [-0.05, 0) is 29.2 Å². The highest BCUT2D eigenvalue weighted by molar-refractivity contribution is 8.23. The lowest BCUT2D eigenvalue weighted by molar-refractivity contribution is -0.148. The lowest BCUT2D eigenvalue weighted by Gasteiger charge is -2.21. The average molecular weight is 530 g/mol. The molecule has 2 aromatic carbocycles. The van der Waals surface area contributed by atoms with Crippen LogP contribution in [0.3, 0.4) is 0 Å². The monoisotopic (exact) mass is 529 g/mol. The quantitative estimate of drug-likeness (QED) is 0.377. The van der Waals surface area contributed by atoms with Gasteiger partial charge in [0.15, 0.2) is 0 Å². The number of hydrogen-bond acceptors (Lipinski definition) is 9. The predicted molar refractivity (Wildman–Crippen MR) is 138 cm³/mol. The van der Waals surface area contributed by atoms with Crippen molar-refractivity contribution in [3.63, 3.8) is 0 Å². The van der Waals surface area contributed by atoms with E-state index in [1.807, 2.05) is 44.2 Å². The standard InChI is InChI=1S/C26H27NO7S2/c1-15(2)19(23(29)34-14-16-8-6-5-7-9-16)27-22(28)17-10-12-18(13-11-17)26-35-20(24(30)32-3)21(36-26)25(31)33-4/h5-13,15,19,26H,14H2,1-4H3,(H,27,28)/t19-/m0/s1. The van der Waals surface area contributed by atoms with Crippen LogP contribution in [-0.2, 0) is 35.2 Å². The van der Waals surface area contributed by atoms with E-state index in [1.165, 1.54) is 37.7 Å². The fourth-order valence-corrected chi connectivity index (χ4v) is 6.09. The Hall–Kier alpha value is -3.24. The molecular formula is C26H27NO7S2. The van der Waals surface area contributed by atoms with Crippen molar-refractivity contribution in [3.8, 4) is 0 Å². The number of esters is 3. The van der Waals surface area contributed by atoms with Gasteiger partial charge in [-0.2, -0.15) is 0 Å². The van der Waals surface area contributed by atoms with Gasteiger partial charge in [0.2, 0.25) is 0 Å². The first-order chi connectivity index (χ1) is 17.2. The van der Waals surface area contributed by atoms with Crippen LogP contribution in [0.1, 0.15) is 39.9 Å². The maximum atomic E-state index is 12.9. The Kier molecular flexibility index (Phi) is 9.60. The van der Waals surface area contributed by atoms with Crippen LogP contribution in [0.2, 0.25) is 0 Å². The summed E-state index contributed by atoms with van der Waals surface area (Å²) in [5.41, 5.74) is 2.02. The summed E-state index contributed by atoms with van der Waals surface area (Å²) in [5.74, 6) is -2.31. The molecule has 1 heterocycles. The van der Waals surface area contributed by atoms with Gasteiger partial charge in [-0.15, -0.1) is 0 Å². The molecule has 0 saturated carbocycles. The molecule has 0 saturated heterocycles. The van der Waals surface area contributed by atoms with Gasteiger partial charge in [0.05, 0.1) is 18.8 Å². The first-order valence-electron chi connectivity index (χ1n) is 11.1. The third-order valence-electron chi connectivity index (χ3n) is 5.27. The van der Waals surface area contributed by atoms with Gasteiger partial charge in [-0.3, -0.25) is 4.79 Å². The van der Waals surface area contributed by atoms with Crippen molar-refractivity contribution in [1.29, 1.82) is 0 Å². The number of hydrogen-bond donors (Lipinski definition) is 1. The summed E-state index contributed by atoms with van der Waals surface area (Å²) >= 11 is 2.38. The highest BCUT2D eigenvalue weighted by atomic mass is 32.2. The first kappa shape index (κ1) is 27.3. The van der Waals surface area contributed by atoms with Crippen molar-refractivity contribution < 1.29 is 33.4 Å². The Labute approximate surface area is 218 Å². The molecule has 0 fully saturated rings. The van der Waals surface area contributed by atoms with Gasteiger partial charge in [-0.25, -0.2) is 14.4 Å². The van der Waals surface area contributed by atoms with E-state index in [4.69, 9.17) is 14.2 Å². The summed E-state index contributed by atoms with van der Waals surface area (Å²) in [6.45, 7) is 3.79. The Morgan fingerprint density at radius 3 is 1.92 bits per heavy atom. The van der Waals surface area contributed by atoms with Crippen molar-refractivity contribution in [2.45, 2.75) is 31.1 Å². The van der Waals surface area contributed by atoms with E-state index in [2.05, 4.69) is 5.32 Å². The van der Waals surface area contributed by atoms with Gasteiger partial charge in [-0.1, -0.05) is 79.8 Å². The van der Waals surface area contributed by atoms with Crippen LogP contribution in [0.5, 0.6) is 0 Å². The minimum Gasteiger partial charge on any atom is -0.465 e. The molecule has 0 aliphatic carbocycles. The van der Waals surface area contributed by atoms with Crippen molar-refractivity contribution in [3.05, 3.63) is 81.1 Å². The van der Waals surface area contributed by atoms with Crippen LogP contribution in [0.15, 0.2) is 64.4 Å². The summed E-state index contributed by atoms with van der Waals surface area (Å²) in [7, 11) is 2.50. The van der Waals surface area contributed by atoms with Crippen LogP contribution < -0.4 is 5.32 Å². The van der Waals surface area contributed by atoms with Crippen molar-refractivity contribution in [2.24, 2.45) is 5.92 Å². The molecule has 0 radical (unpaired) electrons. The number of benzene rings is 2. The average Bonchev–Trinajstić information content (AvgIpc) is 3.35. The van der Waals surface area contributed by atoms with Gasteiger partial charge >= 0.3 is 17.9 Å². The number of methoxy groups -OCH3 is 2. The number of ether oxygens (including phenoxy) is 3. The van der Waals surface area contributed by atoms with Crippen LogP contribution in [-0.4, -0.2) is 44.1 Å². The van der Waals surface area contributed by atoms with E-state index in [0.717, 1.165) is 11.1 Å². The summed E-state index contributed by atoms with van der Waals surface area (Å²) < 4.78 is 14.7. The predicted octanol–water partition coefficient (Wildman–Crippen LogP) is 4.22. The van der Waals surface area contributed by atoms with E-state index in [9.17, 15) is 19.2 Å². The Balaban J connectivity index is 1.65. The van der Waals surface area contributed by atoms with E-state index >= 15 is 0 Å². The minimum atomic E-state index is -0.809. The van der Waals surface area contributed by atoms with Crippen LogP contribution in [0.25, 0.3) is 0 Å². The molecule has 1 atom stereocenters. The third kappa shape index (κ3) is 6.70. The zero-order chi connectivity index (χ0) is 26.2. The molecule has 0 unspecified atom stereocenters. The topological polar surface area (TPSA) is 108 Å². The molecule has 0 bridgehead atoms. The highest BCUT2D eigenvalue weighted by Crippen LogP contribution is 2.55. The number of carbonyl (C=O) groups is 4. The lowest BCUT2D eigenvalue weighted by Crippen LogP contribution is -2.45. The molecule has 1 N–H and O–H groups in total. The normalized spacial score (nSPS) is 14.4. The van der Waals surface area contributed by atoms with Crippen LogP contribution in [0, 0.1) is 5.92 Å². The van der Waals surface area contributed by atoms with Crippen LogP contribution >= 0.6 is 23.5 Å². The number of amides is 1. The molecule has 0 spiro atoms. The van der Waals surface area contributed by atoms with Crippen molar-refractivity contribution >= 4 is 47.3 Å². The van der Waals surface area contributed by atoms with Crippen molar-refractivity contribution in [2.75, 3.05) is 14.2 Å². The molecular weight excluding hydrogens is 502 g/mol. The number of carbonyl (C=O) groups excluding carboxylic acids is 4. The number of rotatable bonds is 9. The number of nitrogens with one attached hydrogen (secondary N) is 1. The maximum Gasteiger partial charge on any atom is 0.345 e. The van der Waals surface area contributed by atoms with E-state index < -0.39 is 29.9 Å². The summed E-state index contributed by atoms with van der Waals surface area (Å²) in [5, 5.41) is 2.76. The fourth-order valence-electron chi connectivity index (χ4n) is 3.28.